The molecule has 2 heterocycles. The number of fused-ring (bicyclic) bond motifs is 2. The Kier molecular flexibility index (Phi) is 5.58. The van der Waals surface area contributed by atoms with Gasteiger partial charge in [0.2, 0.25) is 5.91 Å². The Morgan fingerprint density at radius 3 is 2.58 bits per heavy atom. The summed E-state index contributed by atoms with van der Waals surface area (Å²) < 4.78 is 5.54. The van der Waals surface area contributed by atoms with Crippen molar-refractivity contribution in [1.29, 1.82) is 0 Å². The molecule has 2 aliphatic heterocycles. The van der Waals surface area contributed by atoms with E-state index in [-0.39, 0.29) is 11.3 Å². The average Bonchev–Trinajstić information content (AvgIpc) is 3.08. The SMILES string of the molecule is COc1ccc2c(c1)C1(CCN(CC=Cc3ccccc3)CC1)CN2C(=O)C1CCC1. The largest absolute Gasteiger partial charge is 0.497 e. The van der Waals surface area contributed by atoms with Crippen LogP contribution in [0.3, 0.4) is 0 Å². The number of piperidine rings is 1. The van der Waals surface area contributed by atoms with Gasteiger partial charge in [0.25, 0.3) is 0 Å². The van der Waals surface area contributed by atoms with Gasteiger partial charge in [-0.2, -0.15) is 0 Å². The van der Waals surface area contributed by atoms with Gasteiger partial charge < -0.3 is 9.64 Å². The number of nitrogens with zero attached hydrogens (tertiary/aromatic N) is 2. The second-order valence-corrected chi connectivity index (χ2v) is 9.33. The number of hydrogen-bond donors (Lipinski definition) is 0. The molecule has 0 unspecified atom stereocenters. The minimum atomic E-state index is 0.0585. The topological polar surface area (TPSA) is 32.8 Å². The summed E-state index contributed by atoms with van der Waals surface area (Å²) >= 11 is 0. The first-order chi connectivity index (χ1) is 15.2. The van der Waals surface area contributed by atoms with E-state index < -0.39 is 0 Å². The second kappa shape index (κ2) is 8.51. The molecule has 4 nitrogen and oxygen atoms in total. The van der Waals surface area contributed by atoms with E-state index in [2.05, 4.69) is 64.4 Å². The fourth-order valence-electron chi connectivity index (χ4n) is 5.34. The average molecular weight is 417 g/mol. The molecule has 2 aromatic rings. The van der Waals surface area contributed by atoms with Gasteiger partial charge in [-0.3, -0.25) is 9.69 Å². The van der Waals surface area contributed by atoms with Gasteiger partial charge >= 0.3 is 0 Å². The number of rotatable bonds is 5. The van der Waals surface area contributed by atoms with E-state index in [1.54, 1.807) is 7.11 Å². The van der Waals surface area contributed by atoms with Crippen LogP contribution in [0.2, 0.25) is 0 Å². The molecule has 1 saturated heterocycles. The minimum Gasteiger partial charge on any atom is -0.497 e. The van der Waals surface area contributed by atoms with Crippen LogP contribution in [0.25, 0.3) is 6.08 Å². The molecular formula is C27H32N2O2. The first-order valence-electron chi connectivity index (χ1n) is 11.6. The summed E-state index contributed by atoms with van der Waals surface area (Å²) in [7, 11) is 1.72. The lowest BCUT2D eigenvalue weighted by Gasteiger charge is -2.40. The van der Waals surface area contributed by atoms with Crippen LogP contribution in [0.5, 0.6) is 5.75 Å². The molecule has 3 aliphatic rings. The molecule has 5 rings (SSSR count). The number of likely N-dealkylation sites (tertiary alicyclic amines) is 1. The molecule has 31 heavy (non-hydrogen) atoms. The van der Waals surface area contributed by atoms with Crippen molar-refractivity contribution in [2.24, 2.45) is 5.92 Å². The van der Waals surface area contributed by atoms with Crippen molar-refractivity contribution in [2.75, 3.05) is 38.2 Å². The molecule has 2 aromatic carbocycles. The number of ether oxygens (including phenoxy) is 1. The molecule has 1 aliphatic carbocycles. The lowest BCUT2D eigenvalue weighted by atomic mass is 9.74. The third-order valence-electron chi connectivity index (χ3n) is 7.53. The van der Waals surface area contributed by atoms with Gasteiger partial charge in [-0.25, -0.2) is 0 Å². The van der Waals surface area contributed by atoms with Crippen LogP contribution < -0.4 is 9.64 Å². The third kappa shape index (κ3) is 3.89. The summed E-state index contributed by atoms with van der Waals surface area (Å²) in [4.78, 5) is 17.8. The highest BCUT2D eigenvalue weighted by molar-refractivity contribution is 5.98. The van der Waals surface area contributed by atoms with E-state index in [9.17, 15) is 4.79 Å². The van der Waals surface area contributed by atoms with Gasteiger partial charge in [-0.1, -0.05) is 48.9 Å². The van der Waals surface area contributed by atoms with Crippen LogP contribution in [-0.2, 0) is 10.2 Å². The van der Waals surface area contributed by atoms with Gasteiger partial charge in [0.1, 0.15) is 5.75 Å². The quantitative estimate of drug-likeness (QED) is 0.696. The molecule has 162 valence electrons. The summed E-state index contributed by atoms with van der Waals surface area (Å²) in [6.45, 7) is 3.92. The Labute approximate surface area is 185 Å². The van der Waals surface area contributed by atoms with E-state index in [0.717, 1.165) is 63.3 Å². The Hall–Kier alpha value is -2.59. The Morgan fingerprint density at radius 2 is 1.90 bits per heavy atom. The van der Waals surface area contributed by atoms with E-state index in [4.69, 9.17) is 4.74 Å². The fourth-order valence-corrected chi connectivity index (χ4v) is 5.34. The van der Waals surface area contributed by atoms with Crippen molar-refractivity contribution in [1.82, 2.24) is 4.90 Å². The number of amides is 1. The van der Waals surface area contributed by atoms with E-state index in [0.29, 0.717) is 5.91 Å². The normalized spacial score (nSPS) is 20.7. The van der Waals surface area contributed by atoms with E-state index in [1.165, 1.54) is 17.5 Å². The number of hydrogen-bond acceptors (Lipinski definition) is 3. The van der Waals surface area contributed by atoms with Crippen LogP contribution in [0.15, 0.2) is 54.6 Å². The van der Waals surface area contributed by atoms with Crippen molar-refractivity contribution < 1.29 is 9.53 Å². The molecule has 0 aromatic heterocycles. The Bertz CT molecular complexity index is 956. The molecule has 0 atom stereocenters. The van der Waals surface area contributed by atoms with Gasteiger partial charge in [-0.05, 0) is 68.1 Å². The molecule has 4 heteroatoms. The molecular weight excluding hydrogens is 384 g/mol. The second-order valence-electron chi connectivity index (χ2n) is 9.33. The maximum absolute atomic E-state index is 13.2. The molecule has 0 bridgehead atoms. The summed E-state index contributed by atoms with van der Waals surface area (Å²) in [5.41, 5.74) is 3.75. The van der Waals surface area contributed by atoms with Crippen molar-refractivity contribution in [3.63, 3.8) is 0 Å². The lowest BCUT2D eigenvalue weighted by Crippen LogP contribution is -2.47. The van der Waals surface area contributed by atoms with E-state index >= 15 is 0 Å². The minimum absolute atomic E-state index is 0.0585. The summed E-state index contributed by atoms with van der Waals surface area (Å²) in [5.74, 6) is 1.46. The smallest absolute Gasteiger partial charge is 0.230 e. The van der Waals surface area contributed by atoms with Gasteiger partial charge in [0.15, 0.2) is 0 Å². The zero-order valence-corrected chi connectivity index (χ0v) is 18.4. The molecule has 1 amide bonds. The molecule has 2 fully saturated rings. The van der Waals surface area contributed by atoms with Gasteiger partial charge in [0, 0.05) is 30.1 Å². The van der Waals surface area contributed by atoms with Gasteiger partial charge in [0.05, 0.1) is 7.11 Å². The Morgan fingerprint density at radius 1 is 1.13 bits per heavy atom. The highest BCUT2D eigenvalue weighted by atomic mass is 16.5. The number of anilines is 1. The highest BCUT2D eigenvalue weighted by Gasteiger charge is 2.47. The first-order valence-corrected chi connectivity index (χ1v) is 11.6. The van der Waals surface area contributed by atoms with Crippen LogP contribution in [0, 0.1) is 5.92 Å². The van der Waals surface area contributed by atoms with Crippen molar-refractivity contribution in [3.05, 3.63) is 65.7 Å². The maximum Gasteiger partial charge on any atom is 0.230 e. The van der Waals surface area contributed by atoms with Crippen LogP contribution in [0.4, 0.5) is 5.69 Å². The van der Waals surface area contributed by atoms with Crippen LogP contribution >= 0.6 is 0 Å². The number of methoxy groups -OCH3 is 1. The van der Waals surface area contributed by atoms with Crippen LogP contribution in [0.1, 0.15) is 43.2 Å². The summed E-state index contributed by atoms with van der Waals surface area (Å²) in [6.07, 6.45) is 9.94. The van der Waals surface area contributed by atoms with E-state index in [1.807, 2.05) is 6.07 Å². The number of carbonyl (C=O) groups excluding carboxylic acids is 1. The monoisotopic (exact) mass is 416 g/mol. The predicted molar refractivity (Wildman–Crippen MR) is 126 cm³/mol. The molecule has 0 radical (unpaired) electrons. The highest BCUT2D eigenvalue weighted by Crippen LogP contribution is 2.49. The molecule has 1 saturated carbocycles. The van der Waals surface area contributed by atoms with Crippen molar-refractivity contribution in [2.45, 2.75) is 37.5 Å². The summed E-state index contributed by atoms with van der Waals surface area (Å²) in [5, 5.41) is 0. The van der Waals surface area contributed by atoms with Crippen molar-refractivity contribution in [3.8, 4) is 5.75 Å². The summed E-state index contributed by atoms with van der Waals surface area (Å²) in [6, 6.07) is 16.8. The molecule has 1 spiro atoms. The molecule has 0 N–H and O–H groups in total. The van der Waals surface area contributed by atoms with Gasteiger partial charge in [-0.15, -0.1) is 0 Å². The van der Waals surface area contributed by atoms with Crippen molar-refractivity contribution >= 4 is 17.7 Å². The van der Waals surface area contributed by atoms with Crippen LogP contribution in [-0.4, -0.2) is 44.1 Å². The number of benzene rings is 2. The fraction of sp³-hybridized carbons (Fsp3) is 0.444. The lowest BCUT2D eigenvalue weighted by molar-refractivity contribution is -0.124. The third-order valence-corrected chi connectivity index (χ3v) is 7.53. The Balaban J connectivity index is 1.30. The first kappa shape index (κ1) is 20.3. The zero-order valence-electron chi connectivity index (χ0n) is 18.4. The predicted octanol–water partition coefficient (Wildman–Crippen LogP) is 4.89. The number of carbonyl (C=O) groups is 1. The zero-order chi connectivity index (χ0) is 21.3. The standard InChI is InChI=1S/C27H32N2O2/c1-31-23-12-13-25-24(19-23)27(20-29(25)26(30)22-10-5-11-22)14-17-28(18-15-27)16-6-9-21-7-3-2-4-8-21/h2-4,6-9,12-13,19,22H,5,10-11,14-18,20H2,1H3. The maximum atomic E-state index is 13.2.